The number of alkyl halides is 1. The monoisotopic (exact) mass is 664 g/mol. The fraction of sp³-hybridized carbons (Fsp3) is 0.560. The van der Waals surface area contributed by atoms with Gasteiger partial charge in [-0.2, -0.15) is 0 Å². The molecule has 0 radical (unpaired) electrons. The molecule has 3 amide bonds. The number of esters is 1. The first kappa shape index (κ1) is 32.3. The third-order valence-corrected chi connectivity index (χ3v) is 13.8. The lowest BCUT2D eigenvalue weighted by atomic mass is 9.81. The minimum atomic E-state index is -4.02. The summed E-state index contributed by atoms with van der Waals surface area (Å²) in [6, 6.07) is 4.81. The SMILES string of the molecule is CC1(C)S[C@@H]2[C@H](NC(=O)C(N)c3ccccc3)C(=O)N2[C@@]1(COC(=O)C1N2C(=O)C[C@@H]2S(=O)(=O)[C@@]1(C)CCl)C(=O)O.Cl. The number of carboxylic acids is 1. The Balaban J connectivity index is 0.00000405. The summed E-state index contributed by atoms with van der Waals surface area (Å²) >= 11 is 7.11. The highest BCUT2D eigenvalue weighted by atomic mass is 35.5. The second-order valence-electron chi connectivity index (χ2n) is 11.2. The summed E-state index contributed by atoms with van der Waals surface area (Å²) in [6.07, 6.45) is -0.285. The van der Waals surface area contributed by atoms with Crippen LogP contribution in [0.5, 0.6) is 0 Å². The number of fused-ring (bicyclic) bond motifs is 2. The van der Waals surface area contributed by atoms with Gasteiger partial charge in [-0.15, -0.1) is 35.8 Å². The van der Waals surface area contributed by atoms with Crippen LogP contribution in [-0.2, 0) is 38.5 Å². The molecule has 5 rings (SSSR count). The lowest BCUT2D eigenvalue weighted by molar-refractivity contribution is -0.182. The van der Waals surface area contributed by atoms with Crippen LogP contribution in [0.25, 0.3) is 0 Å². The van der Waals surface area contributed by atoms with E-state index in [1.165, 1.54) is 6.92 Å². The number of sulfone groups is 1. The van der Waals surface area contributed by atoms with Crippen LogP contribution in [0, 0.1) is 0 Å². The largest absolute Gasteiger partial charge is 0.479 e. The van der Waals surface area contributed by atoms with E-state index in [2.05, 4.69) is 5.32 Å². The lowest BCUT2D eigenvalue weighted by Gasteiger charge is -2.49. The molecule has 4 aliphatic rings. The Kier molecular flexibility index (Phi) is 8.11. The molecule has 7 atom stereocenters. The molecule has 230 valence electrons. The average molecular weight is 666 g/mol. The molecule has 4 fully saturated rings. The number of aliphatic carboxylic acids is 1. The molecule has 4 N–H and O–H groups in total. The number of hydrogen-bond acceptors (Lipinski definition) is 10. The van der Waals surface area contributed by atoms with Gasteiger partial charge in [0.05, 0.1) is 11.2 Å². The zero-order chi connectivity index (χ0) is 30.3. The Bertz CT molecular complexity index is 1460. The molecule has 42 heavy (non-hydrogen) atoms. The molecule has 1 aromatic rings. The molecule has 0 spiro atoms. The molecular weight excluding hydrogens is 635 g/mol. The summed E-state index contributed by atoms with van der Waals surface area (Å²) in [5, 5.41) is 11.0. The van der Waals surface area contributed by atoms with Crippen molar-refractivity contribution in [2.75, 3.05) is 12.5 Å². The number of rotatable bonds is 8. The second kappa shape index (κ2) is 10.5. The second-order valence-corrected chi connectivity index (χ2v) is 15.8. The van der Waals surface area contributed by atoms with E-state index in [1.54, 1.807) is 44.2 Å². The molecule has 0 aromatic heterocycles. The van der Waals surface area contributed by atoms with Crippen molar-refractivity contribution in [3.63, 3.8) is 0 Å². The molecule has 4 saturated heterocycles. The quantitative estimate of drug-likeness (QED) is 0.192. The summed E-state index contributed by atoms with van der Waals surface area (Å²) < 4.78 is 28.5. The fourth-order valence-corrected chi connectivity index (χ4v) is 10.6. The Morgan fingerprint density at radius 1 is 1.21 bits per heavy atom. The normalized spacial score (nSPS) is 34.2. The number of thioether (sulfide) groups is 1. The minimum absolute atomic E-state index is 0. The summed E-state index contributed by atoms with van der Waals surface area (Å²) in [6.45, 7) is 3.56. The van der Waals surface area contributed by atoms with Gasteiger partial charge in [0, 0.05) is 5.88 Å². The lowest BCUT2D eigenvalue weighted by Crippen LogP contribution is -2.77. The van der Waals surface area contributed by atoms with Gasteiger partial charge in [-0.05, 0) is 26.3 Å². The minimum Gasteiger partial charge on any atom is -0.479 e. The van der Waals surface area contributed by atoms with Crippen LogP contribution in [0.15, 0.2) is 30.3 Å². The number of nitrogens with one attached hydrogen (secondary N) is 1. The number of nitrogens with zero attached hydrogens (tertiary/aromatic N) is 2. The highest BCUT2D eigenvalue weighted by Gasteiger charge is 2.74. The van der Waals surface area contributed by atoms with Crippen molar-refractivity contribution in [3.05, 3.63) is 35.9 Å². The Morgan fingerprint density at radius 2 is 1.83 bits per heavy atom. The van der Waals surface area contributed by atoms with E-state index in [0.29, 0.717) is 5.56 Å². The van der Waals surface area contributed by atoms with E-state index in [0.717, 1.165) is 21.6 Å². The van der Waals surface area contributed by atoms with Crippen LogP contribution in [0.3, 0.4) is 0 Å². The highest BCUT2D eigenvalue weighted by Crippen LogP contribution is 2.57. The average Bonchev–Trinajstić information content (AvgIpc) is 3.23. The number of ether oxygens (including phenoxy) is 1. The van der Waals surface area contributed by atoms with Gasteiger partial charge in [-0.1, -0.05) is 30.3 Å². The van der Waals surface area contributed by atoms with E-state index in [4.69, 9.17) is 22.1 Å². The predicted octanol–water partition coefficient (Wildman–Crippen LogP) is 0.00620. The number of carbonyl (C=O) groups excluding carboxylic acids is 4. The van der Waals surface area contributed by atoms with Crippen LogP contribution in [0.1, 0.15) is 38.8 Å². The summed E-state index contributed by atoms with van der Waals surface area (Å²) in [4.78, 5) is 66.6. The van der Waals surface area contributed by atoms with Crippen molar-refractivity contribution in [2.24, 2.45) is 5.73 Å². The van der Waals surface area contributed by atoms with Gasteiger partial charge in [0.25, 0.3) is 0 Å². The number of nitrogens with two attached hydrogens (primary N) is 1. The molecule has 2 unspecified atom stereocenters. The third kappa shape index (κ3) is 4.14. The van der Waals surface area contributed by atoms with Crippen molar-refractivity contribution < 1.29 is 42.2 Å². The Labute approximate surface area is 257 Å². The molecule has 4 aliphatic heterocycles. The maximum atomic E-state index is 13.4. The van der Waals surface area contributed by atoms with E-state index >= 15 is 0 Å². The van der Waals surface area contributed by atoms with E-state index in [9.17, 15) is 37.5 Å². The van der Waals surface area contributed by atoms with Crippen molar-refractivity contribution in [1.82, 2.24) is 15.1 Å². The number of carbonyl (C=O) groups is 5. The maximum absolute atomic E-state index is 13.4. The van der Waals surface area contributed by atoms with E-state index in [1.807, 2.05) is 0 Å². The molecular formula is C25H30Cl2N4O9S2. The number of halogens is 2. The zero-order valence-electron chi connectivity index (χ0n) is 22.7. The summed E-state index contributed by atoms with van der Waals surface area (Å²) in [5.41, 5.74) is 4.52. The van der Waals surface area contributed by atoms with Crippen molar-refractivity contribution in [1.29, 1.82) is 0 Å². The number of carboxylic acid groups (broad SMARTS) is 1. The predicted molar refractivity (Wildman–Crippen MR) is 153 cm³/mol. The smallest absolute Gasteiger partial charge is 0.334 e. The van der Waals surface area contributed by atoms with Crippen LogP contribution in [0.4, 0.5) is 0 Å². The zero-order valence-corrected chi connectivity index (χ0v) is 25.9. The van der Waals surface area contributed by atoms with Gasteiger partial charge in [0.2, 0.25) is 17.7 Å². The number of β-lactam (4-membered cyclic amide) rings is 2. The first-order valence-electron chi connectivity index (χ1n) is 12.7. The van der Waals surface area contributed by atoms with Crippen LogP contribution in [-0.4, -0.2) is 103 Å². The van der Waals surface area contributed by atoms with Gasteiger partial charge >= 0.3 is 11.9 Å². The van der Waals surface area contributed by atoms with Crippen LogP contribution < -0.4 is 11.1 Å². The molecule has 0 aliphatic carbocycles. The van der Waals surface area contributed by atoms with Crippen molar-refractivity contribution in [3.8, 4) is 0 Å². The van der Waals surface area contributed by atoms with E-state index < -0.39 is 95.9 Å². The molecule has 0 bridgehead atoms. The topological polar surface area (TPSA) is 193 Å². The van der Waals surface area contributed by atoms with E-state index in [-0.39, 0.29) is 18.8 Å². The summed E-state index contributed by atoms with van der Waals surface area (Å²) in [7, 11) is -4.02. The molecule has 13 nitrogen and oxygen atoms in total. The molecule has 4 heterocycles. The van der Waals surface area contributed by atoms with Crippen LogP contribution >= 0.6 is 35.8 Å². The Morgan fingerprint density at radius 3 is 2.38 bits per heavy atom. The van der Waals surface area contributed by atoms with Crippen molar-refractivity contribution in [2.45, 2.75) is 71.1 Å². The Hall–Kier alpha value is -2.59. The van der Waals surface area contributed by atoms with Gasteiger partial charge in [-0.25, -0.2) is 18.0 Å². The molecule has 0 saturated carbocycles. The van der Waals surface area contributed by atoms with Gasteiger partial charge in [-0.3, -0.25) is 14.4 Å². The molecule has 17 heteroatoms. The van der Waals surface area contributed by atoms with Crippen LogP contribution in [0.2, 0.25) is 0 Å². The number of hydrogen-bond donors (Lipinski definition) is 3. The summed E-state index contributed by atoms with van der Waals surface area (Å²) in [5.74, 6) is -4.98. The van der Waals surface area contributed by atoms with Gasteiger partial charge in [0.15, 0.2) is 21.4 Å². The molecule has 1 aromatic carbocycles. The number of amides is 3. The highest BCUT2D eigenvalue weighted by molar-refractivity contribution is 8.01. The maximum Gasteiger partial charge on any atom is 0.334 e. The first-order valence-corrected chi connectivity index (χ1v) is 15.7. The standard InChI is InChI=1S/C25H29ClN4O9S2.ClH/c1-23(2)25(22(35)36,11-39-21(34)17-24(3,10-26)41(37,38)14-9-13(31)29(14)17)30-19(33)16(20(30)40-23)28-18(32)15(27)12-7-5-4-6-8-12;/h4-8,14-17,20H,9-11,27H2,1-3H3,(H,28,32)(H,35,36);1H/t14-,15?,16+,17?,20+,24-,25-;/m0./s1. The first-order chi connectivity index (χ1) is 19.1. The fourth-order valence-electron chi connectivity index (χ4n) is 6.03. The van der Waals surface area contributed by atoms with Crippen molar-refractivity contribution >= 4 is 75.3 Å². The third-order valence-electron chi connectivity index (χ3n) is 8.68. The van der Waals surface area contributed by atoms with Gasteiger partial charge in [0.1, 0.15) is 34.2 Å². The van der Waals surface area contributed by atoms with Gasteiger partial charge < -0.3 is 30.7 Å². The number of benzene rings is 1.